The number of rotatable bonds is 4. The lowest BCUT2D eigenvalue weighted by atomic mass is 10.1. The van der Waals surface area contributed by atoms with E-state index in [2.05, 4.69) is 9.98 Å². The van der Waals surface area contributed by atoms with Gasteiger partial charge in [0, 0.05) is 27.7 Å². The average molecular weight is 438 g/mol. The predicted molar refractivity (Wildman–Crippen MR) is 111 cm³/mol. The lowest BCUT2D eigenvalue weighted by Crippen LogP contribution is -2.18. The van der Waals surface area contributed by atoms with Gasteiger partial charge in [0.25, 0.3) is 5.91 Å². The molecule has 6 nitrogen and oxygen atoms in total. The van der Waals surface area contributed by atoms with E-state index in [9.17, 15) is 9.90 Å². The van der Waals surface area contributed by atoms with Gasteiger partial charge in [-0.1, -0.05) is 11.6 Å². The van der Waals surface area contributed by atoms with Crippen LogP contribution in [-0.2, 0) is 5.54 Å². The van der Waals surface area contributed by atoms with Gasteiger partial charge in [-0.05, 0) is 50.5 Å². The van der Waals surface area contributed by atoms with Gasteiger partial charge in [-0.25, -0.2) is 4.98 Å². The zero-order valence-corrected chi connectivity index (χ0v) is 18.2. The molecule has 3 aromatic rings. The van der Waals surface area contributed by atoms with Crippen molar-refractivity contribution >= 4 is 40.4 Å². The monoisotopic (exact) mass is 437 g/mol. The summed E-state index contributed by atoms with van der Waals surface area (Å²) in [6.07, 6.45) is 0.842. The number of ether oxygens (including phenoxy) is 1. The van der Waals surface area contributed by atoms with Crippen LogP contribution in [-0.4, -0.2) is 27.1 Å². The summed E-state index contributed by atoms with van der Waals surface area (Å²) in [5.41, 5.74) is 2.74. The number of aliphatic hydroxyl groups is 1. The molecule has 148 valence electrons. The van der Waals surface area contributed by atoms with Gasteiger partial charge in [0.05, 0.1) is 23.9 Å². The Hall–Kier alpha value is -2.00. The number of carbonyl (C=O) groups is 1. The number of hydrogen-bond acceptors (Lipinski definition) is 6. The van der Waals surface area contributed by atoms with Crippen LogP contribution in [0.4, 0.5) is 0 Å². The van der Waals surface area contributed by atoms with Crippen LogP contribution in [0.5, 0.6) is 5.75 Å². The number of carbonyl (C=O) groups excluding carboxylic acids is 1. The molecule has 3 rings (SSSR count). The normalized spacial score (nSPS) is 13.6. The molecule has 1 atom stereocenters. The standard InChI is InChI=1S/C19H20ClN3O3S2/c1-19(2,3)23-8-13(16(24)14-9-27-10-21-14)18(28-23)22-17(25)12-7-11(20)5-6-15(12)26-4/h5-10,16,24H,1-4H3. The SMILES string of the molecule is COc1ccc(Cl)cc1C(=O)N=c1sn(C(C)(C)C)cc1C(O)c1cscn1. The Morgan fingerprint density at radius 3 is 2.75 bits per heavy atom. The topological polar surface area (TPSA) is 76.7 Å². The van der Waals surface area contributed by atoms with E-state index in [4.69, 9.17) is 16.3 Å². The maximum absolute atomic E-state index is 12.9. The van der Waals surface area contributed by atoms with Gasteiger partial charge in [-0.15, -0.1) is 11.3 Å². The summed E-state index contributed by atoms with van der Waals surface area (Å²) in [5.74, 6) is -0.103. The third kappa shape index (κ3) is 4.35. The van der Waals surface area contributed by atoms with Crippen LogP contribution in [0.3, 0.4) is 0 Å². The summed E-state index contributed by atoms with van der Waals surface area (Å²) in [6, 6.07) is 4.79. The minimum atomic E-state index is -0.973. The number of halogens is 1. The molecule has 0 radical (unpaired) electrons. The van der Waals surface area contributed by atoms with Crippen LogP contribution in [0.2, 0.25) is 5.02 Å². The second-order valence-electron chi connectivity index (χ2n) is 7.05. The van der Waals surface area contributed by atoms with E-state index in [1.807, 2.05) is 30.9 Å². The molecule has 0 saturated heterocycles. The van der Waals surface area contributed by atoms with Crippen molar-refractivity contribution < 1.29 is 14.6 Å². The molecule has 0 aliphatic heterocycles. The average Bonchev–Trinajstić information content (AvgIpc) is 3.30. The van der Waals surface area contributed by atoms with E-state index < -0.39 is 12.0 Å². The molecule has 0 saturated carbocycles. The van der Waals surface area contributed by atoms with Crippen LogP contribution in [0, 0.1) is 0 Å². The molecule has 0 fully saturated rings. The first-order chi connectivity index (χ1) is 13.2. The van der Waals surface area contributed by atoms with Crippen molar-refractivity contribution in [3.63, 3.8) is 0 Å². The predicted octanol–water partition coefficient (Wildman–Crippen LogP) is 4.25. The van der Waals surface area contributed by atoms with Crippen molar-refractivity contribution in [2.45, 2.75) is 32.4 Å². The molecule has 1 N–H and O–H groups in total. The molecule has 2 heterocycles. The minimum Gasteiger partial charge on any atom is -0.496 e. The molecule has 1 aromatic carbocycles. The summed E-state index contributed by atoms with van der Waals surface area (Å²) in [4.78, 5) is 21.3. The van der Waals surface area contributed by atoms with Gasteiger partial charge >= 0.3 is 0 Å². The first-order valence-corrected chi connectivity index (χ1v) is 10.5. The summed E-state index contributed by atoms with van der Waals surface area (Å²) >= 11 is 8.73. The van der Waals surface area contributed by atoms with E-state index >= 15 is 0 Å². The first kappa shape index (κ1) is 20.7. The van der Waals surface area contributed by atoms with E-state index in [-0.39, 0.29) is 11.1 Å². The quantitative estimate of drug-likeness (QED) is 0.662. The second kappa shape index (κ2) is 8.16. The molecular formula is C19H20ClN3O3S2. The smallest absolute Gasteiger partial charge is 0.282 e. The third-order valence-electron chi connectivity index (χ3n) is 3.97. The molecule has 0 bridgehead atoms. The molecule has 9 heteroatoms. The number of methoxy groups -OCH3 is 1. The van der Waals surface area contributed by atoms with Crippen molar-refractivity contribution in [3.05, 3.63) is 61.8 Å². The number of thiazole rings is 1. The molecule has 1 unspecified atom stereocenters. The number of aliphatic hydroxyl groups excluding tert-OH is 1. The van der Waals surface area contributed by atoms with Crippen LogP contribution < -0.4 is 9.41 Å². The summed E-state index contributed by atoms with van der Waals surface area (Å²) in [6.45, 7) is 6.11. The van der Waals surface area contributed by atoms with Gasteiger partial charge in [-0.2, -0.15) is 4.99 Å². The maximum atomic E-state index is 12.9. The highest BCUT2D eigenvalue weighted by molar-refractivity contribution is 7.07. The highest BCUT2D eigenvalue weighted by Crippen LogP contribution is 2.26. The number of aromatic nitrogens is 2. The molecule has 0 aliphatic rings. The van der Waals surface area contributed by atoms with Crippen molar-refractivity contribution in [1.82, 2.24) is 8.94 Å². The van der Waals surface area contributed by atoms with Crippen molar-refractivity contribution in [1.29, 1.82) is 0 Å². The van der Waals surface area contributed by atoms with E-state index in [0.29, 0.717) is 26.7 Å². The Balaban J connectivity index is 2.13. The first-order valence-electron chi connectivity index (χ1n) is 8.43. The molecule has 1 amide bonds. The second-order valence-corrected chi connectivity index (χ2v) is 9.17. The molecular weight excluding hydrogens is 418 g/mol. The van der Waals surface area contributed by atoms with Gasteiger partial charge in [-0.3, -0.25) is 8.75 Å². The van der Waals surface area contributed by atoms with Crippen LogP contribution in [0.25, 0.3) is 0 Å². The molecule has 28 heavy (non-hydrogen) atoms. The van der Waals surface area contributed by atoms with Gasteiger partial charge in [0.1, 0.15) is 16.5 Å². The van der Waals surface area contributed by atoms with Crippen LogP contribution >= 0.6 is 34.5 Å². The molecule has 0 spiro atoms. The molecule has 2 aromatic heterocycles. The van der Waals surface area contributed by atoms with Crippen molar-refractivity contribution in [2.24, 2.45) is 4.99 Å². The zero-order chi connectivity index (χ0) is 20.5. The maximum Gasteiger partial charge on any atom is 0.282 e. The number of hydrogen-bond donors (Lipinski definition) is 1. The largest absolute Gasteiger partial charge is 0.496 e. The summed E-state index contributed by atoms with van der Waals surface area (Å²) < 4.78 is 7.63. The summed E-state index contributed by atoms with van der Waals surface area (Å²) in [5, 5.41) is 13.0. The number of nitrogens with zero attached hydrogens (tertiary/aromatic N) is 3. The number of benzene rings is 1. The Bertz CT molecular complexity index is 1050. The summed E-state index contributed by atoms with van der Waals surface area (Å²) in [7, 11) is 1.48. The van der Waals surface area contributed by atoms with Crippen LogP contribution in [0.1, 0.15) is 48.5 Å². The fourth-order valence-corrected chi connectivity index (χ4v) is 4.24. The number of amides is 1. The van der Waals surface area contributed by atoms with Crippen molar-refractivity contribution in [3.8, 4) is 5.75 Å². The minimum absolute atomic E-state index is 0.230. The Morgan fingerprint density at radius 1 is 1.39 bits per heavy atom. The highest BCUT2D eigenvalue weighted by atomic mass is 35.5. The van der Waals surface area contributed by atoms with Gasteiger partial charge in [0.2, 0.25) is 0 Å². The Kier molecular flexibility index (Phi) is 6.04. The lowest BCUT2D eigenvalue weighted by Gasteiger charge is -2.19. The highest BCUT2D eigenvalue weighted by Gasteiger charge is 2.23. The van der Waals surface area contributed by atoms with Gasteiger partial charge < -0.3 is 9.84 Å². The van der Waals surface area contributed by atoms with Crippen LogP contribution in [0.15, 0.2) is 40.3 Å². The third-order valence-corrected chi connectivity index (χ3v) is 6.16. The van der Waals surface area contributed by atoms with Gasteiger partial charge in [0.15, 0.2) is 0 Å². The Labute approximate surface area is 175 Å². The fourth-order valence-electron chi connectivity index (χ4n) is 2.47. The van der Waals surface area contributed by atoms with Crippen molar-refractivity contribution in [2.75, 3.05) is 7.11 Å². The lowest BCUT2D eigenvalue weighted by molar-refractivity contribution is 0.0995. The van der Waals surface area contributed by atoms with E-state index in [1.165, 1.54) is 36.0 Å². The molecule has 0 aliphatic carbocycles. The van der Waals surface area contributed by atoms with E-state index in [0.717, 1.165) is 0 Å². The zero-order valence-electron chi connectivity index (χ0n) is 15.8. The Morgan fingerprint density at radius 2 is 2.14 bits per heavy atom. The van der Waals surface area contributed by atoms with E-state index in [1.54, 1.807) is 23.0 Å². The fraction of sp³-hybridized carbons (Fsp3) is 0.316.